The number of guanidine groups is 1. The van der Waals surface area contributed by atoms with Gasteiger partial charge in [0.25, 0.3) is 0 Å². The molecular formula is C19H21F3N4O3. The Hall–Kier alpha value is -3.17. The second-order valence-electron chi connectivity index (χ2n) is 6.21. The van der Waals surface area contributed by atoms with Gasteiger partial charge in [-0.3, -0.25) is 4.99 Å². The predicted octanol–water partition coefficient (Wildman–Crippen LogP) is 2.53. The number of halogens is 3. The molecule has 2 heterocycles. The highest BCUT2D eigenvalue weighted by atomic mass is 19.4. The van der Waals surface area contributed by atoms with Crippen LogP contribution in [0.25, 0.3) is 0 Å². The Morgan fingerprint density at radius 3 is 2.79 bits per heavy atom. The number of hydrogen-bond acceptors (Lipinski definition) is 5. The maximum absolute atomic E-state index is 12.3. The van der Waals surface area contributed by atoms with E-state index in [9.17, 15) is 13.2 Å². The molecule has 1 atom stereocenters. The monoisotopic (exact) mass is 410 g/mol. The van der Waals surface area contributed by atoms with Crippen molar-refractivity contribution in [1.29, 1.82) is 0 Å². The van der Waals surface area contributed by atoms with E-state index in [0.717, 1.165) is 0 Å². The Labute approximate surface area is 165 Å². The lowest BCUT2D eigenvalue weighted by Crippen LogP contribution is -2.45. The zero-order valence-electron chi connectivity index (χ0n) is 15.7. The van der Waals surface area contributed by atoms with Gasteiger partial charge in [0, 0.05) is 25.9 Å². The third-order valence-electron chi connectivity index (χ3n) is 3.93. The number of rotatable bonds is 6. The first-order chi connectivity index (χ1) is 13.9. The number of aliphatic imine (C=N–C) groups is 1. The summed E-state index contributed by atoms with van der Waals surface area (Å²) in [4.78, 5) is 7.90. The Morgan fingerprint density at radius 2 is 2.03 bits per heavy atom. The van der Waals surface area contributed by atoms with Gasteiger partial charge in [-0.15, -0.1) is 0 Å². The molecule has 0 saturated heterocycles. The predicted molar refractivity (Wildman–Crippen MR) is 100 cm³/mol. The minimum absolute atomic E-state index is 0.0870. The molecular weight excluding hydrogens is 389 g/mol. The van der Waals surface area contributed by atoms with Crippen LogP contribution in [0.5, 0.6) is 17.4 Å². The molecule has 2 aromatic rings. The molecule has 3 rings (SSSR count). The van der Waals surface area contributed by atoms with Crippen molar-refractivity contribution in [3.8, 4) is 17.4 Å². The molecule has 1 aliphatic rings. The Kier molecular flexibility index (Phi) is 6.63. The molecule has 10 heteroatoms. The van der Waals surface area contributed by atoms with Gasteiger partial charge in [-0.2, -0.15) is 13.2 Å². The molecule has 0 radical (unpaired) electrons. The minimum atomic E-state index is -4.41. The molecule has 0 bridgehead atoms. The van der Waals surface area contributed by atoms with Gasteiger partial charge in [0.2, 0.25) is 5.88 Å². The van der Waals surface area contributed by atoms with Crippen LogP contribution in [0.2, 0.25) is 0 Å². The first-order valence-electron chi connectivity index (χ1n) is 8.90. The van der Waals surface area contributed by atoms with Crippen LogP contribution in [0.3, 0.4) is 0 Å². The summed E-state index contributed by atoms with van der Waals surface area (Å²) < 4.78 is 53.0. The Morgan fingerprint density at radius 1 is 1.24 bits per heavy atom. The summed E-state index contributed by atoms with van der Waals surface area (Å²) in [7, 11) is 1.62. The smallest absolute Gasteiger partial charge is 0.422 e. The molecule has 2 N–H and O–H groups in total. The molecule has 1 aliphatic heterocycles. The maximum atomic E-state index is 12.3. The van der Waals surface area contributed by atoms with Gasteiger partial charge in [-0.05, 0) is 23.8 Å². The second-order valence-corrected chi connectivity index (χ2v) is 6.21. The van der Waals surface area contributed by atoms with Gasteiger partial charge < -0.3 is 24.8 Å². The fraction of sp³-hybridized carbons (Fsp3) is 0.368. The Balaban J connectivity index is 1.46. The van der Waals surface area contributed by atoms with E-state index < -0.39 is 12.8 Å². The third kappa shape index (κ3) is 6.44. The molecule has 0 aliphatic carbocycles. The molecule has 29 heavy (non-hydrogen) atoms. The zero-order chi connectivity index (χ0) is 20.7. The largest absolute Gasteiger partial charge is 0.486 e. The van der Waals surface area contributed by atoms with E-state index in [1.165, 1.54) is 12.3 Å². The lowest BCUT2D eigenvalue weighted by Gasteiger charge is -2.27. The van der Waals surface area contributed by atoms with Crippen molar-refractivity contribution in [3.05, 3.63) is 48.2 Å². The van der Waals surface area contributed by atoms with E-state index in [2.05, 4.69) is 25.3 Å². The average Bonchev–Trinajstić information content (AvgIpc) is 2.72. The van der Waals surface area contributed by atoms with Crippen molar-refractivity contribution in [1.82, 2.24) is 15.6 Å². The van der Waals surface area contributed by atoms with Crippen LogP contribution >= 0.6 is 0 Å². The van der Waals surface area contributed by atoms with Crippen molar-refractivity contribution >= 4 is 5.96 Å². The number of benzene rings is 1. The summed E-state index contributed by atoms with van der Waals surface area (Å²) in [6, 6.07) is 10.6. The molecule has 0 saturated carbocycles. The van der Waals surface area contributed by atoms with Crippen LogP contribution in [0.4, 0.5) is 13.2 Å². The molecule has 1 unspecified atom stereocenters. The number of pyridine rings is 1. The van der Waals surface area contributed by atoms with Crippen molar-refractivity contribution < 1.29 is 27.4 Å². The molecule has 1 aromatic heterocycles. The zero-order valence-corrected chi connectivity index (χ0v) is 15.7. The normalized spacial score (nSPS) is 16.3. The number of nitrogens with one attached hydrogen (secondary N) is 2. The second kappa shape index (κ2) is 9.35. The fourth-order valence-corrected chi connectivity index (χ4v) is 2.58. The van der Waals surface area contributed by atoms with Crippen molar-refractivity contribution in [3.63, 3.8) is 0 Å². The van der Waals surface area contributed by atoms with Gasteiger partial charge in [0.05, 0.1) is 6.54 Å². The first-order valence-corrected chi connectivity index (χ1v) is 8.90. The molecule has 0 fully saturated rings. The molecule has 0 amide bonds. The van der Waals surface area contributed by atoms with Crippen molar-refractivity contribution in [2.75, 3.05) is 26.8 Å². The van der Waals surface area contributed by atoms with E-state index in [-0.39, 0.29) is 12.0 Å². The highest BCUT2D eigenvalue weighted by Crippen LogP contribution is 2.30. The van der Waals surface area contributed by atoms with Crippen LogP contribution in [-0.2, 0) is 6.54 Å². The van der Waals surface area contributed by atoms with E-state index >= 15 is 0 Å². The topological polar surface area (TPSA) is 77.0 Å². The van der Waals surface area contributed by atoms with Crippen molar-refractivity contribution in [2.45, 2.75) is 18.8 Å². The van der Waals surface area contributed by atoms with Gasteiger partial charge >= 0.3 is 6.18 Å². The quantitative estimate of drug-likeness (QED) is 0.563. The first kappa shape index (κ1) is 20.6. The fourth-order valence-electron chi connectivity index (χ4n) is 2.58. The summed E-state index contributed by atoms with van der Waals surface area (Å²) in [5.74, 6) is 1.84. The maximum Gasteiger partial charge on any atom is 0.422 e. The molecule has 1 aromatic carbocycles. The highest BCUT2D eigenvalue weighted by Gasteiger charge is 2.28. The molecule has 156 valence electrons. The van der Waals surface area contributed by atoms with Gasteiger partial charge in [0.1, 0.15) is 12.7 Å². The van der Waals surface area contributed by atoms with Crippen LogP contribution in [0.1, 0.15) is 5.56 Å². The number of hydrogen-bond donors (Lipinski definition) is 2. The van der Waals surface area contributed by atoms with Crippen LogP contribution in [-0.4, -0.2) is 50.0 Å². The minimum Gasteiger partial charge on any atom is -0.486 e. The van der Waals surface area contributed by atoms with Gasteiger partial charge in [-0.1, -0.05) is 12.1 Å². The van der Waals surface area contributed by atoms with E-state index in [0.29, 0.717) is 42.7 Å². The Bertz CT molecular complexity index is 845. The van der Waals surface area contributed by atoms with E-state index in [1.807, 2.05) is 24.3 Å². The van der Waals surface area contributed by atoms with E-state index in [4.69, 9.17) is 9.47 Å². The number of fused-ring (bicyclic) bond motifs is 1. The van der Waals surface area contributed by atoms with Crippen LogP contribution in [0, 0.1) is 0 Å². The average molecular weight is 410 g/mol. The summed E-state index contributed by atoms with van der Waals surface area (Å²) in [6.45, 7) is -0.183. The number of alkyl halides is 3. The lowest BCUT2D eigenvalue weighted by atomic mass is 10.2. The van der Waals surface area contributed by atoms with E-state index in [1.54, 1.807) is 13.1 Å². The summed E-state index contributed by atoms with van der Waals surface area (Å²) >= 11 is 0. The number of ether oxygens (including phenoxy) is 3. The van der Waals surface area contributed by atoms with Gasteiger partial charge in [-0.25, -0.2) is 4.98 Å². The van der Waals surface area contributed by atoms with Crippen LogP contribution in [0.15, 0.2) is 47.6 Å². The summed E-state index contributed by atoms with van der Waals surface area (Å²) in [6.07, 6.45) is -3.21. The summed E-state index contributed by atoms with van der Waals surface area (Å²) in [5.41, 5.74) is 0.700. The molecule has 0 spiro atoms. The standard InChI is InChI=1S/C19H21F3N4O3/c1-23-18(26-10-14-11-27-15-4-2-3-5-16(15)29-14)25-9-13-6-7-24-17(8-13)28-12-19(20,21)22/h2-8,14H,9-12H2,1H3,(H2,23,25,26). The number of nitrogens with zero attached hydrogens (tertiary/aromatic N) is 2. The van der Waals surface area contributed by atoms with Gasteiger partial charge in [0.15, 0.2) is 24.1 Å². The molecule has 7 nitrogen and oxygen atoms in total. The third-order valence-corrected chi connectivity index (χ3v) is 3.93. The van der Waals surface area contributed by atoms with Crippen molar-refractivity contribution in [2.24, 2.45) is 4.99 Å². The SMILES string of the molecule is CN=C(NCc1ccnc(OCC(F)(F)F)c1)NCC1COc2ccccc2O1. The number of para-hydroxylation sites is 2. The highest BCUT2D eigenvalue weighted by molar-refractivity contribution is 5.79. The van der Waals surface area contributed by atoms with Crippen LogP contribution < -0.4 is 24.8 Å². The lowest BCUT2D eigenvalue weighted by molar-refractivity contribution is -0.154. The number of aromatic nitrogens is 1. The summed E-state index contributed by atoms with van der Waals surface area (Å²) in [5, 5.41) is 6.22.